The van der Waals surface area contributed by atoms with Crippen molar-refractivity contribution in [3.05, 3.63) is 36.9 Å². The summed E-state index contributed by atoms with van der Waals surface area (Å²) < 4.78 is 36.6. The largest absolute Gasteiger partial charge is 0.490 e. The van der Waals surface area contributed by atoms with Crippen molar-refractivity contribution < 1.29 is 17.9 Å². The molecule has 1 fully saturated rings. The lowest BCUT2D eigenvalue weighted by molar-refractivity contribution is 0.0730. The number of ether oxygens (including phenoxy) is 2. The quantitative estimate of drug-likeness (QED) is 0.764. The molecule has 2 rings (SSSR count). The smallest absolute Gasteiger partial charge is 0.243 e. The Morgan fingerprint density at radius 3 is 2.47 bits per heavy atom. The number of sulfonamides is 1. The fourth-order valence-electron chi connectivity index (χ4n) is 1.80. The van der Waals surface area contributed by atoms with Gasteiger partial charge in [-0.05, 0) is 24.3 Å². The Hall–Kier alpha value is -1.37. The lowest BCUT2D eigenvalue weighted by atomic mass is 10.3. The Balaban J connectivity index is 2.13. The maximum absolute atomic E-state index is 12.3. The van der Waals surface area contributed by atoms with Crippen LogP contribution in [-0.2, 0) is 14.8 Å². The molecule has 1 aromatic rings. The van der Waals surface area contributed by atoms with Crippen LogP contribution in [0.2, 0.25) is 0 Å². The highest BCUT2D eigenvalue weighted by Crippen LogP contribution is 2.20. The van der Waals surface area contributed by atoms with E-state index < -0.39 is 10.0 Å². The van der Waals surface area contributed by atoms with Crippen LogP contribution < -0.4 is 4.74 Å². The zero-order valence-electron chi connectivity index (χ0n) is 10.6. The van der Waals surface area contributed by atoms with E-state index in [1.165, 1.54) is 4.31 Å². The van der Waals surface area contributed by atoms with Crippen LogP contribution in [-0.4, -0.2) is 45.6 Å². The predicted octanol–water partition coefficient (Wildman–Crippen LogP) is 1.27. The van der Waals surface area contributed by atoms with Gasteiger partial charge in [-0.3, -0.25) is 0 Å². The molecule has 0 spiro atoms. The average Bonchev–Trinajstić information content (AvgIpc) is 2.46. The van der Waals surface area contributed by atoms with E-state index >= 15 is 0 Å². The minimum Gasteiger partial charge on any atom is -0.490 e. The second-order valence-electron chi connectivity index (χ2n) is 4.09. The van der Waals surface area contributed by atoms with Gasteiger partial charge in [0.1, 0.15) is 12.4 Å². The summed E-state index contributed by atoms with van der Waals surface area (Å²) in [6.45, 7) is 5.64. The van der Waals surface area contributed by atoms with Gasteiger partial charge in [-0.25, -0.2) is 8.42 Å². The SMILES string of the molecule is C=CCOc1ccc(S(=O)(=O)N2CCOCC2)cc1. The van der Waals surface area contributed by atoms with Gasteiger partial charge in [0.2, 0.25) is 10.0 Å². The minimum atomic E-state index is -3.42. The van der Waals surface area contributed by atoms with E-state index in [4.69, 9.17) is 9.47 Å². The predicted molar refractivity (Wildman–Crippen MR) is 71.7 cm³/mol. The maximum atomic E-state index is 12.3. The highest BCUT2D eigenvalue weighted by Gasteiger charge is 2.26. The molecular weight excluding hydrogens is 266 g/mol. The summed E-state index contributed by atoms with van der Waals surface area (Å²) in [5, 5.41) is 0. The molecule has 0 radical (unpaired) electrons. The van der Waals surface area contributed by atoms with Gasteiger partial charge in [-0.2, -0.15) is 4.31 Å². The zero-order chi connectivity index (χ0) is 13.7. The van der Waals surface area contributed by atoms with Crippen LogP contribution in [0.3, 0.4) is 0 Å². The van der Waals surface area contributed by atoms with E-state index in [-0.39, 0.29) is 4.90 Å². The molecular formula is C13H17NO4S. The normalized spacial score (nSPS) is 17.1. The van der Waals surface area contributed by atoms with Crippen LogP contribution in [0.1, 0.15) is 0 Å². The summed E-state index contributed by atoms with van der Waals surface area (Å²) in [4.78, 5) is 0.278. The lowest BCUT2D eigenvalue weighted by Crippen LogP contribution is -2.40. The van der Waals surface area contributed by atoms with Crippen molar-refractivity contribution in [2.24, 2.45) is 0 Å². The first kappa shape index (κ1) is 14.0. The molecule has 0 unspecified atom stereocenters. The summed E-state index contributed by atoms with van der Waals surface area (Å²) >= 11 is 0. The summed E-state index contributed by atoms with van der Waals surface area (Å²) in [5.41, 5.74) is 0. The lowest BCUT2D eigenvalue weighted by Gasteiger charge is -2.26. The van der Waals surface area contributed by atoms with Crippen LogP contribution in [0.4, 0.5) is 0 Å². The first-order valence-corrected chi connectivity index (χ1v) is 7.50. The van der Waals surface area contributed by atoms with Gasteiger partial charge in [-0.15, -0.1) is 0 Å². The van der Waals surface area contributed by atoms with Crippen LogP contribution >= 0.6 is 0 Å². The molecule has 6 heteroatoms. The number of hydrogen-bond acceptors (Lipinski definition) is 4. The first-order valence-electron chi connectivity index (χ1n) is 6.06. The monoisotopic (exact) mass is 283 g/mol. The van der Waals surface area contributed by atoms with E-state index in [1.807, 2.05) is 0 Å². The average molecular weight is 283 g/mol. The molecule has 0 aliphatic carbocycles. The Bertz CT molecular complexity index is 518. The standard InChI is InChI=1S/C13H17NO4S/c1-2-9-18-12-3-5-13(6-4-12)19(15,16)14-7-10-17-11-8-14/h2-6H,1,7-11H2. The number of nitrogens with zero attached hydrogens (tertiary/aromatic N) is 1. The van der Waals surface area contributed by atoms with Gasteiger partial charge in [-0.1, -0.05) is 12.7 Å². The molecule has 104 valence electrons. The number of rotatable bonds is 5. The molecule has 0 atom stereocenters. The highest BCUT2D eigenvalue weighted by atomic mass is 32.2. The maximum Gasteiger partial charge on any atom is 0.243 e. The molecule has 1 aliphatic rings. The molecule has 19 heavy (non-hydrogen) atoms. The molecule has 1 aromatic carbocycles. The summed E-state index contributed by atoms with van der Waals surface area (Å²) in [6.07, 6.45) is 1.64. The Morgan fingerprint density at radius 2 is 1.89 bits per heavy atom. The van der Waals surface area contributed by atoms with E-state index in [0.29, 0.717) is 38.7 Å². The second-order valence-corrected chi connectivity index (χ2v) is 6.03. The van der Waals surface area contributed by atoms with Gasteiger partial charge in [0.15, 0.2) is 0 Å². The molecule has 5 nitrogen and oxygen atoms in total. The molecule has 0 saturated carbocycles. The van der Waals surface area contributed by atoms with Crippen molar-refractivity contribution in [1.29, 1.82) is 0 Å². The van der Waals surface area contributed by atoms with Gasteiger partial charge >= 0.3 is 0 Å². The van der Waals surface area contributed by atoms with Crippen molar-refractivity contribution in [2.45, 2.75) is 4.90 Å². The van der Waals surface area contributed by atoms with E-state index in [1.54, 1.807) is 30.3 Å². The third-order valence-electron chi connectivity index (χ3n) is 2.80. The van der Waals surface area contributed by atoms with Crippen LogP contribution in [0.15, 0.2) is 41.8 Å². The summed E-state index contributed by atoms with van der Waals surface area (Å²) in [7, 11) is -3.42. The Kier molecular flexibility index (Phi) is 4.57. The van der Waals surface area contributed by atoms with Crippen molar-refractivity contribution >= 4 is 10.0 Å². The molecule has 1 saturated heterocycles. The van der Waals surface area contributed by atoms with E-state index in [9.17, 15) is 8.42 Å². The molecule has 0 aromatic heterocycles. The van der Waals surface area contributed by atoms with E-state index in [0.717, 1.165) is 0 Å². The molecule has 1 aliphatic heterocycles. The van der Waals surface area contributed by atoms with Crippen molar-refractivity contribution in [1.82, 2.24) is 4.31 Å². The van der Waals surface area contributed by atoms with Gasteiger partial charge in [0.05, 0.1) is 18.1 Å². The molecule has 1 heterocycles. The van der Waals surface area contributed by atoms with Crippen LogP contribution in [0.5, 0.6) is 5.75 Å². The topological polar surface area (TPSA) is 55.8 Å². The number of hydrogen-bond donors (Lipinski definition) is 0. The highest BCUT2D eigenvalue weighted by molar-refractivity contribution is 7.89. The van der Waals surface area contributed by atoms with Gasteiger partial charge < -0.3 is 9.47 Å². The fourth-order valence-corrected chi connectivity index (χ4v) is 3.21. The van der Waals surface area contributed by atoms with Crippen molar-refractivity contribution in [3.63, 3.8) is 0 Å². The number of morpholine rings is 1. The summed E-state index contributed by atoms with van der Waals surface area (Å²) in [5.74, 6) is 0.626. The first-order chi connectivity index (χ1) is 9.14. The minimum absolute atomic E-state index is 0.278. The Labute approximate surface area is 113 Å². The van der Waals surface area contributed by atoms with Crippen LogP contribution in [0.25, 0.3) is 0 Å². The van der Waals surface area contributed by atoms with Crippen molar-refractivity contribution in [3.8, 4) is 5.75 Å². The third kappa shape index (κ3) is 3.34. The van der Waals surface area contributed by atoms with Crippen molar-refractivity contribution in [2.75, 3.05) is 32.9 Å². The molecule has 0 amide bonds. The summed E-state index contributed by atoms with van der Waals surface area (Å²) in [6, 6.07) is 6.42. The van der Waals surface area contributed by atoms with E-state index in [2.05, 4.69) is 6.58 Å². The molecule has 0 N–H and O–H groups in total. The van der Waals surface area contributed by atoms with Gasteiger partial charge in [0.25, 0.3) is 0 Å². The number of benzene rings is 1. The Morgan fingerprint density at radius 1 is 1.26 bits per heavy atom. The van der Waals surface area contributed by atoms with Gasteiger partial charge in [0, 0.05) is 13.1 Å². The fraction of sp³-hybridized carbons (Fsp3) is 0.385. The zero-order valence-corrected chi connectivity index (χ0v) is 11.4. The van der Waals surface area contributed by atoms with Crippen LogP contribution in [0, 0.1) is 0 Å². The second kappa shape index (κ2) is 6.18. The third-order valence-corrected chi connectivity index (χ3v) is 4.71. The molecule has 0 bridgehead atoms.